The number of rotatable bonds is 6. The van der Waals surface area contributed by atoms with Crippen LogP contribution in [0.4, 0.5) is 11.4 Å². The lowest BCUT2D eigenvalue weighted by molar-refractivity contribution is -0.150. The van der Waals surface area contributed by atoms with Crippen LogP contribution in [-0.2, 0) is 19.1 Å². The second-order valence-corrected chi connectivity index (χ2v) is 6.88. The number of aromatic nitrogens is 3. The van der Waals surface area contributed by atoms with Crippen molar-refractivity contribution < 1.29 is 23.6 Å². The van der Waals surface area contributed by atoms with Crippen molar-refractivity contribution >= 4 is 29.2 Å². The first-order chi connectivity index (χ1) is 15.0. The standard InChI is InChI=1S/C21H19N5O5/c1-13(21-24-20(25-31-21)14-5-4-10-22-11-14)30-19(29)9-8-18(28)26-12-17(27)23-15-6-2-3-7-16(15)26/h2-7,10-11,13H,8-9,12H2,1H3,(H,23,27). The van der Waals surface area contributed by atoms with E-state index in [0.29, 0.717) is 22.8 Å². The van der Waals surface area contributed by atoms with Gasteiger partial charge in [0.15, 0.2) is 6.10 Å². The van der Waals surface area contributed by atoms with Gasteiger partial charge in [0.1, 0.15) is 6.54 Å². The molecule has 0 saturated carbocycles. The average Bonchev–Trinajstić information content (AvgIpc) is 3.28. The third-order valence-electron chi connectivity index (χ3n) is 4.63. The van der Waals surface area contributed by atoms with Crippen LogP contribution < -0.4 is 10.2 Å². The Balaban J connectivity index is 1.33. The number of hydrogen-bond donors (Lipinski definition) is 1. The van der Waals surface area contributed by atoms with Gasteiger partial charge in [0.2, 0.25) is 17.6 Å². The van der Waals surface area contributed by atoms with Crippen molar-refractivity contribution in [2.75, 3.05) is 16.8 Å². The maximum Gasteiger partial charge on any atom is 0.307 e. The summed E-state index contributed by atoms with van der Waals surface area (Å²) < 4.78 is 10.5. The van der Waals surface area contributed by atoms with Gasteiger partial charge in [-0.15, -0.1) is 0 Å². The molecule has 0 fully saturated rings. The fourth-order valence-corrected chi connectivity index (χ4v) is 3.12. The molecule has 31 heavy (non-hydrogen) atoms. The lowest BCUT2D eigenvalue weighted by Crippen LogP contribution is -2.42. The van der Waals surface area contributed by atoms with Crippen LogP contribution >= 0.6 is 0 Å². The van der Waals surface area contributed by atoms with Crippen molar-refractivity contribution in [1.29, 1.82) is 0 Å². The highest BCUT2D eigenvalue weighted by molar-refractivity contribution is 6.10. The van der Waals surface area contributed by atoms with Crippen molar-refractivity contribution in [3.05, 3.63) is 54.7 Å². The number of anilines is 2. The molecule has 2 amide bonds. The Morgan fingerprint density at radius 1 is 1.23 bits per heavy atom. The SMILES string of the molecule is CC(OC(=O)CCC(=O)N1CC(=O)Nc2ccccc21)c1nc(-c2cccnc2)no1. The monoisotopic (exact) mass is 421 g/mol. The minimum atomic E-state index is -0.776. The lowest BCUT2D eigenvalue weighted by atomic mass is 10.1. The Bertz CT molecular complexity index is 1110. The molecule has 0 radical (unpaired) electrons. The van der Waals surface area contributed by atoms with Gasteiger partial charge in [0.05, 0.1) is 17.8 Å². The highest BCUT2D eigenvalue weighted by atomic mass is 16.6. The quantitative estimate of drug-likeness (QED) is 0.602. The molecule has 1 aromatic carbocycles. The third kappa shape index (κ3) is 4.58. The first-order valence-corrected chi connectivity index (χ1v) is 9.64. The predicted molar refractivity (Wildman–Crippen MR) is 109 cm³/mol. The fourth-order valence-electron chi connectivity index (χ4n) is 3.12. The van der Waals surface area contributed by atoms with E-state index in [0.717, 1.165) is 0 Å². The number of amides is 2. The highest BCUT2D eigenvalue weighted by Crippen LogP contribution is 2.29. The first kappa shape index (κ1) is 20.2. The zero-order chi connectivity index (χ0) is 21.8. The molecular weight excluding hydrogens is 402 g/mol. The van der Waals surface area contributed by atoms with Crippen molar-refractivity contribution in [2.45, 2.75) is 25.9 Å². The number of pyridine rings is 1. The Morgan fingerprint density at radius 3 is 2.87 bits per heavy atom. The average molecular weight is 421 g/mol. The van der Waals surface area contributed by atoms with Crippen LogP contribution in [0.3, 0.4) is 0 Å². The maximum absolute atomic E-state index is 12.6. The van der Waals surface area contributed by atoms with Crippen LogP contribution in [0.1, 0.15) is 31.8 Å². The lowest BCUT2D eigenvalue weighted by Gasteiger charge is -2.29. The number of carbonyl (C=O) groups excluding carboxylic acids is 3. The summed E-state index contributed by atoms with van der Waals surface area (Å²) in [6, 6.07) is 10.5. The Hall–Kier alpha value is -4.08. The molecule has 0 bridgehead atoms. The summed E-state index contributed by atoms with van der Waals surface area (Å²) in [6.45, 7) is 1.51. The van der Waals surface area contributed by atoms with Crippen molar-refractivity contribution in [3.63, 3.8) is 0 Å². The second kappa shape index (κ2) is 8.74. The zero-order valence-corrected chi connectivity index (χ0v) is 16.6. The second-order valence-electron chi connectivity index (χ2n) is 6.88. The molecule has 10 heteroatoms. The van der Waals surface area contributed by atoms with Crippen LogP contribution in [0.15, 0.2) is 53.3 Å². The summed E-state index contributed by atoms with van der Waals surface area (Å²) in [5, 5.41) is 6.58. The van der Waals surface area contributed by atoms with E-state index in [9.17, 15) is 14.4 Å². The summed E-state index contributed by atoms with van der Waals surface area (Å²) in [6.07, 6.45) is 2.20. The molecule has 1 unspecified atom stereocenters. The molecule has 3 heterocycles. The van der Waals surface area contributed by atoms with E-state index >= 15 is 0 Å². The number of hydrogen-bond acceptors (Lipinski definition) is 8. The fraction of sp³-hybridized carbons (Fsp3) is 0.238. The van der Waals surface area contributed by atoms with E-state index in [1.54, 1.807) is 55.7 Å². The van der Waals surface area contributed by atoms with E-state index in [4.69, 9.17) is 9.26 Å². The van der Waals surface area contributed by atoms with E-state index in [1.807, 2.05) is 0 Å². The van der Waals surface area contributed by atoms with Gasteiger partial charge < -0.3 is 19.5 Å². The van der Waals surface area contributed by atoms with Crippen LogP contribution in [0.5, 0.6) is 0 Å². The smallest absolute Gasteiger partial charge is 0.307 e. The van der Waals surface area contributed by atoms with Gasteiger partial charge in [-0.1, -0.05) is 17.3 Å². The molecule has 2 aromatic heterocycles. The van der Waals surface area contributed by atoms with Crippen molar-refractivity contribution in [2.24, 2.45) is 0 Å². The number of nitrogens with zero attached hydrogens (tertiary/aromatic N) is 4. The zero-order valence-electron chi connectivity index (χ0n) is 16.6. The molecule has 0 spiro atoms. The number of benzene rings is 1. The Kier molecular flexibility index (Phi) is 5.69. The number of para-hydroxylation sites is 2. The molecule has 1 aliphatic heterocycles. The Morgan fingerprint density at radius 2 is 2.06 bits per heavy atom. The van der Waals surface area contributed by atoms with Gasteiger partial charge in [-0.3, -0.25) is 19.4 Å². The van der Waals surface area contributed by atoms with E-state index in [1.165, 1.54) is 4.90 Å². The summed E-state index contributed by atoms with van der Waals surface area (Å²) in [5.41, 5.74) is 1.83. The van der Waals surface area contributed by atoms with Crippen LogP contribution in [-0.4, -0.2) is 39.5 Å². The molecule has 4 rings (SSSR count). The highest BCUT2D eigenvalue weighted by Gasteiger charge is 2.27. The number of esters is 1. The summed E-state index contributed by atoms with van der Waals surface area (Å²) in [7, 11) is 0. The van der Waals surface area contributed by atoms with Gasteiger partial charge in [0, 0.05) is 24.4 Å². The van der Waals surface area contributed by atoms with Crippen molar-refractivity contribution in [1.82, 2.24) is 15.1 Å². The van der Waals surface area contributed by atoms with Gasteiger partial charge in [-0.05, 0) is 31.2 Å². The van der Waals surface area contributed by atoms with E-state index in [2.05, 4.69) is 20.4 Å². The largest absolute Gasteiger partial charge is 0.453 e. The number of nitrogens with one attached hydrogen (secondary N) is 1. The molecular formula is C21H19N5O5. The van der Waals surface area contributed by atoms with Gasteiger partial charge in [-0.25, -0.2) is 0 Å². The molecule has 10 nitrogen and oxygen atoms in total. The minimum Gasteiger partial charge on any atom is -0.453 e. The van der Waals surface area contributed by atoms with E-state index in [-0.39, 0.29) is 37.1 Å². The topological polar surface area (TPSA) is 128 Å². The van der Waals surface area contributed by atoms with Gasteiger partial charge in [-0.2, -0.15) is 4.98 Å². The first-order valence-electron chi connectivity index (χ1n) is 9.64. The molecule has 1 atom stereocenters. The summed E-state index contributed by atoms with van der Waals surface area (Å²) in [5.74, 6) is -0.743. The molecule has 0 saturated heterocycles. The number of carbonyl (C=O) groups is 3. The minimum absolute atomic E-state index is 0.0968. The number of ether oxygens (including phenoxy) is 1. The molecule has 1 aliphatic rings. The summed E-state index contributed by atoms with van der Waals surface area (Å²) in [4.78, 5) is 46.3. The molecule has 1 N–H and O–H groups in total. The summed E-state index contributed by atoms with van der Waals surface area (Å²) >= 11 is 0. The number of fused-ring (bicyclic) bond motifs is 1. The van der Waals surface area contributed by atoms with Crippen LogP contribution in [0, 0.1) is 0 Å². The van der Waals surface area contributed by atoms with Gasteiger partial charge in [0.25, 0.3) is 5.89 Å². The normalized spacial score (nSPS) is 13.8. The third-order valence-corrected chi connectivity index (χ3v) is 4.63. The Labute approximate surface area is 177 Å². The van der Waals surface area contributed by atoms with E-state index < -0.39 is 12.1 Å². The molecule has 3 aromatic rings. The van der Waals surface area contributed by atoms with Gasteiger partial charge >= 0.3 is 5.97 Å². The maximum atomic E-state index is 12.6. The predicted octanol–water partition coefficient (Wildman–Crippen LogP) is 2.50. The van der Waals surface area contributed by atoms with Crippen LogP contribution in [0.2, 0.25) is 0 Å². The van der Waals surface area contributed by atoms with Crippen molar-refractivity contribution in [3.8, 4) is 11.4 Å². The molecule has 158 valence electrons. The molecule has 0 aliphatic carbocycles. The van der Waals surface area contributed by atoms with Crippen LogP contribution in [0.25, 0.3) is 11.4 Å².